The molecule has 2 heterocycles. The summed E-state index contributed by atoms with van der Waals surface area (Å²) in [5.74, 6) is -0.876. The van der Waals surface area contributed by atoms with Crippen LogP contribution in [0.3, 0.4) is 0 Å². The van der Waals surface area contributed by atoms with Crippen molar-refractivity contribution < 1.29 is 19.4 Å². The monoisotopic (exact) mass is 428 g/mol. The van der Waals surface area contributed by atoms with E-state index in [4.69, 9.17) is 4.74 Å². The molecule has 0 spiro atoms. The number of hydrogen-bond donors (Lipinski definition) is 1. The lowest BCUT2D eigenvalue weighted by atomic mass is 9.93. The lowest BCUT2D eigenvalue weighted by molar-refractivity contribution is -0.140. The Morgan fingerprint density at radius 2 is 1.81 bits per heavy atom. The molecule has 4 rings (SSSR count). The fourth-order valence-electron chi connectivity index (χ4n) is 4.09. The van der Waals surface area contributed by atoms with E-state index in [1.54, 1.807) is 49.8 Å². The van der Waals surface area contributed by atoms with Gasteiger partial charge in [-0.15, -0.1) is 0 Å². The fourth-order valence-corrected chi connectivity index (χ4v) is 4.09. The zero-order valence-electron chi connectivity index (χ0n) is 18.2. The van der Waals surface area contributed by atoms with Gasteiger partial charge in [0.05, 0.1) is 18.7 Å². The van der Waals surface area contributed by atoms with Gasteiger partial charge in [0, 0.05) is 24.5 Å². The number of methoxy groups -OCH3 is 1. The van der Waals surface area contributed by atoms with Gasteiger partial charge in [0.1, 0.15) is 11.5 Å². The van der Waals surface area contributed by atoms with E-state index >= 15 is 0 Å². The smallest absolute Gasteiger partial charge is 0.295 e. The first kappa shape index (κ1) is 21.3. The summed E-state index contributed by atoms with van der Waals surface area (Å²) in [6.07, 6.45) is 3.29. The molecule has 1 atom stereocenters. The van der Waals surface area contributed by atoms with Crippen LogP contribution >= 0.6 is 0 Å². The first-order chi connectivity index (χ1) is 15.4. The van der Waals surface area contributed by atoms with E-state index in [2.05, 4.69) is 4.98 Å². The number of ether oxygens (including phenoxy) is 1. The molecule has 32 heavy (non-hydrogen) atoms. The summed E-state index contributed by atoms with van der Waals surface area (Å²) >= 11 is 0. The number of aromatic nitrogens is 1. The summed E-state index contributed by atoms with van der Waals surface area (Å²) in [6, 6.07) is 15.8. The van der Waals surface area contributed by atoms with Gasteiger partial charge in [-0.05, 0) is 60.9 Å². The normalized spacial score (nSPS) is 17.6. The molecule has 1 N–H and O–H groups in total. The molecule has 0 bridgehead atoms. The zero-order valence-corrected chi connectivity index (χ0v) is 18.2. The number of ketones is 1. The Kier molecular flexibility index (Phi) is 5.77. The van der Waals surface area contributed by atoms with Crippen molar-refractivity contribution in [2.24, 2.45) is 0 Å². The van der Waals surface area contributed by atoms with Crippen LogP contribution in [0, 0.1) is 13.8 Å². The van der Waals surface area contributed by atoms with Gasteiger partial charge in [-0.25, -0.2) is 0 Å². The average molecular weight is 428 g/mol. The molecule has 1 aliphatic rings. The second kappa shape index (κ2) is 8.67. The summed E-state index contributed by atoms with van der Waals surface area (Å²) in [4.78, 5) is 31.8. The number of aryl methyl sites for hydroxylation is 2. The molecule has 1 saturated heterocycles. The van der Waals surface area contributed by atoms with Crippen LogP contribution in [0.5, 0.6) is 5.75 Å². The van der Waals surface area contributed by atoms with Crippen LogP contribution in [-0.4, -0.2) is 33.8 Å². The summed E-state index contributed by atoms with van der Waals surface area (Å²) in [6.45, 7) is 4.00. The Morgan fingerprint density at radius 1 is 1.06 bits per heavy atom. The van der Waals surface area contributed by atoms with E-state index in [-0.39, 0.29) is 17.9 Å². The summed E-state index contributed by atoms with van der Waals surface area (Å²) in [7, 11) is 1.57. The lowest BCUT2D eigenvalue weighted by Crippen LogP contribution is -2.29. The third-order valence-electron chi connectivity index (χ3n) is 5.69. The number of pyridine rings is 1. The lowest BCUT2D eigenvalue weighted by Gasteiger charge is -2.26. The topological polar surface area (TPSA) is 79.7 Å². The highest BCUT2D eigenvalue weighted by molar-refractivity contribution is 6.46. The van der Waals surface area contributed by atoms with Crippen molar-refractivity contribution in [1.82, 2.24) is 9.88 Å². The number of amides is 1. The van der Waals surface area contributed by atoms with Crippen molar-refractivity contribution in [1.29, 1.82) is 0 Å². The number of benzene rings is 2. The van der Waals surface area contributed by atoms with E-state index in [1.807, 2.05) is 38.1 Å². The first-order valence-corrected chi connectivity index (χ1v) is 10.3. The molecule has 0 aliphatic carbocycles. The maximum atomic E-state index is 13.2. The first-order valence-electron chi connectivity index (χ1n) is 10.3. The zero-order chi connectivity index (χ0) is 22.8. The molecule has 6 nitrogen and oxygen atoms in total. The predicted octanol–water partition coefficient (Wildman–Crippen LogP) is 4.33. The minimum atomic E-state index is -0.704. The fraction of sp³-hybridized carbons (Fsp3) is 0.192. The Morgan fingerprint density at radius 3 is 2.47 bits per heavy atom. The third kappa shape index (κ3) is 3.87. The van der Waals surface area contributed by atoms with Crippen molar-refractivity contribution in [3.05, 3.63) is 100 Å². The van der Waals surface area contributed by atoms with Gasteiger partial charge in [0.15, 0.2) is 0 Å². The van der Waals surface area contributed by atoms with Gasteiger partial charge in [-0.3, -0.25) is 14.6 Å². The highest BCUT2D eigenvalue weighted by Crippen LogP contribution is 2.41. The van der Waals surface area contributed by atoms with Gasteiger partial charge in [0.2, 0.25) is 0 Å². The Labute approximate surface area is 186 Å². The minimum Gasteiger partial charge on any atom is -0.507 e. The van der Waals surface area contributed by atoms with E-state index in [1.165, 1.54) is 4.90 Å². The molecule has 1 aliphatic heterocycles. The van der Waals surface area contributed by atoms with E-state index in [0.29, 0.717) is 11.3 Å². The molecule has 2 aromatic carbocycles. The number of rotatable bonds is 5. The number of nitrogens with zero attached hydrogens (tertiary/aromatic N) is 2. The molecule has 0 radical (unpaired) electrons. The Balaban J connectivity index is 1.88. The van der Waals surface area contributed by atoms with Crippen molar-refractivity contribution in [2.75, 3.05) is 7.11 Å². The molecule has 1 fully saturated rings. The standard InChI is InChI=1S/C26H24N2O4/c1-16-5-4-6-19(13-16)23-22(24(29)21-8-7-20(32-3)14-17(21)2)25(30)26(31)28(23)15-18-9-11-27-12-10-18/h4-14,23,29H,15H2,1-3H3/b24-22-. The van der Waals surface area contributed by atoms with Crippen LogP contribution in [0.1, 0.15) is 33.9 Å². The molecule has 0 saturated carbocycles. The van der Waals surface area contributed by atoms with Crippen molar-refractivity contribution in [2.45, 2.75) is 26.4 Å². The van der Waals surface area contributed by atoms with Gasteiger partial charge in [-0.1, -0.05) is 29.8 Å². The maximum absolute atomic E-state index is 13.2. The van der Waals surface area contributed by atoms with Gasteiger partial charge < -0.3 is 14.7 Å². The molecular weight excluding hydrogens is 404 g/mol. The van der Waals surface area contributed by atoms with E-state index in [0.717, 1.165) is 22.3 Å². The second-order valence-corrected chi connectivity index (χ2v) is 7.88. The SMILES string of the molecule is COc1ccc(/C(O)=C2/C(=O)C(=O)N(Cc3ccncc3)C2c2cccc(C)c2)c(C)c1. The van der Waals surface area contributed by atoms with Gasteiger partial charge in [0.25, 0.3) is 11.7 Å². The summed E-state index contributed by atoms with van der Waals surface area (Å²) < 4.78 is 5.25. The van der Waals surface area contributed by atoms with Crippen LogP contribution in [0.2, 0.25) is 0 Å². The molecule has 162 valence electrons. The van der Waals surface area contributed by atoms with Crippen LogP contribution in [0.4, 0.5) is 0 Å². The molecule has 1 aromatic heterocycles. The largest absolute Gasteiger partial charge is 0.507 e. The number of aliphatic hydroxyl groups excluding tert-OH is 1. The van der Waals surface area contributed by atoms with Gasteiger partial charge in [-0.2, -0.15) is 0 Å². The maximum Gasteiger partial charge on any atom is 0.295 e. The van der Waals surface area contributed by atoms with Crippen LogP contribution in [0.25, 0.3) is 5.76 Å². The molecule has 1 unspecified atom stereocenters. The number of hydrogen-bond acceptors (Lipinski definition) is 5. The Hall–Kier alpha value is -3.93. The molecule has 6 heteroatoms. The molecule has 1 amide bonds. The predicted molar refractivity (Wildman–Crippen MR) is 121 cm³/mol. The number of aliphatic hydroxyl groups is 1. The summed E-state index contributed by atoms with van der Waals surface area (Å²) in [5.41, 5.74) is 3.93. The highest BCUT2D eigenvalue weighted by Gasteiger charge is 2.46. The van der Waals surface area contributed by atoms with E-state index < -0.39 is 17.7 Å². The van der Waals surface area contributed by atoms with Crippen LogP contribution in [-0.2, 0) is 16.1 Å². The third-order valence-corrected chi connectivity index (χ3v) is 5.69. The number of carbonyl (C=O) groups excluding carboxylic acids is 2. The van der Waals surface area contributed by atoms with Crippen molar-refractivity contribution in [3.63, 3.8) is 0 Å². The Bertz CT molecular complexity index is 1220. The molecule has 3 aromatic rings. The van der Waals surface area contributed by atoms with Crippen LogP contribution in [0.15, 0.2) is 72.6 Å². The molecular formula is C26H24N2O4. The summed E-state index contributed by atoms with van der Waals surface area (Å²) in [5, 5.41) is 11.3. The second-order valence-electron chi connectivity index (χ2n) is 7.88. The quantitative estimate of drug-likeness (QED) is 0.372. The van der Waals surface area contributed by atoms with Crippen molar-refractivity contribution in [3.8, 4) is 5.75 Å². The average Bonchev–Trinajstić information content (AvgIpc) is 3.04. The number of carbonyl (C=O) groups is 2. The highest BCUT2D eigenvalue weighted by atomic mass is 16.5. The van der Waals surface area contributed by atoms with E-state index in [9.17, 15) is 14.7 Å². The minimum absolute atomic E-state index is 0.0860. The van der Waals surface area contributed by atoms with Crippen molar-refractivity contribution >= 4 is 17.4 Å². The number of likely N-dealkylation sites (tertiary alicyclic amines) is 1. The van der Waals surface area contributed by atoms with Crippen LogP contribution < -0.4 is 4.74 Å². The van der Waals surface area contributed by atoms with Gasteiger partial charge >= 0.3 is 0 Å². The number of Topliss-reactive ketones (excluding diaryl/α,β-unsaturated/α-hetero) is 1.